The maximum absolute atomic E-state index is 13.4. The predicted octanol–water partition coefficient (Wildman–Crippen LogP) is 6.20. The lowest BCUT2D eigenvalue weighted by atomic mass is 10.1. The van der Waals surface area contributed by atoms with Crippen LogP contribution in [0.5, 0.6) is 0 Å². The standard InChI is InChI=1S/C30H30FN3O4S/c1-18-5-14-24-23(15-18)26(17-27(35)33-24)39-22-12-10-21(11-13-22)32-28(36)25(34-29(37)38-30(2,3)4)16-19-6-8-20(31)9-7-19/h5-15,17,25H,16H2,1-4H3,(H,32,36)(H,33,35)(H,34,37). The molecule has 2 amide bonds. The smallest absolute Gasteiger partial charge is 0.408 e. The lowest BCUT2D eigenvalue weighted by Gasteiger charge is -2.23. The summed E-state index contributed by atoms with van der Waals surface area (Å²) >= 11 is 1.45. The number of H-pyrrole nitrogens is 1. The van der Waals surface area contributed by atoms with Gasteiger partial charge in [-0.2, -0.15) is 0 Å². The summed E-state index contributed by atoms with van der Waals surface area (Å²) in [6, 6.07) is 19.4. The van der Waals surface area contributed by atoms with E-state index in [1.54, 1.807) is 51.1 Å². The third kappa shape index (κ3) is 7.94. The van der Waals surface area contributed by atoms with Crippen LogP contribution in [0.4, 0.5) is 14.9 Å². The third-order valence-corrected chi connectivity index (χ3v) is 6.74. The second-order valence-electron chi connectivity index (χ2n) is 10.2. The van der Waals surface area contributed by atoms with E-state index >= 15 is 0 Å². The minimum atomic E-state index is -0.954. The number of aryl methyl sites for hydroxylation is 1. The summed E-state index contributed by atoms with van der Waals surface area (Å²) in [6.07, 6.45) is -0.578. The number of benzene rings is 3. The number of fused-ring (bicyclic) bond motifs is 1. The molecule has 1 atom stereocenters. The topological polar surface area (TPSA) is 100 Å². The zero-order valence-corrected chi connectivity index (χ0v) is 22.9. The van der Waals surface area contributed by atoms with Crippen LogP contribution in [-0.2, 0) is 16.0 Å². The minimum Gasteiger partial charge on any atom is -0.444 e. The second-order valence-corrected chi connectivity index (χ2v) is 11.3. The zero-order chi connectivity index (χ0) is 28.2. The van der Waals surface area contributed by atoms with Gasteiger partial charge in [0.1, 0.15) is 17.5 Å². The van der Waals surface area contributed by atoms with E-state index in [0.717, 1.165) is 26.3 Å². The molecule has 1 unspecified atom stereocenters. The second kappa shape index (κ2) is 11.7. The average molecular weight is 548 g/mol. The molecule has 4 rings (SSSR count). The van der Waals surface area contributed by atoms with E-state index in [4.69, 9.17) is 4.74 Å². The first-order valence-electron chi connectivity index (χ1n) is 12.4. The Morgan fingerprint density at radius 2 is 1.69 bits per heavy atom. The van der Waals surface area contributed by atoms with Gasteiger partial charge in [-0.1, -0.05) is 35.5 Å². The molecule has 0 aliphatic carbocycles. The van der Waals surface area contributed by atoms with Gasteiger partial charge in [0.25, 0.3) is 0 Å². The monoisotopic (exact) mass is 547 g/mol. The van der Waals surface area contributed by atoms with Crippen LogP contribution >= 0.6 is 11.8 Å². The van der Waals surface area contributed by atoms with Crippen LogP contribution < -0.4 is 16.2 Å². The maximum atomic E-state index is 13.4. The van der Waals surface area contributed by atoms with Crippen molar-refractivity contribution in [1.29, 1.82) is 0 Å². The lowest BCUT2D eigenvalue weighted by molar-refractivity contribution is -0.118. The number of anilines is 1. The van der Waals surface area contributed by atoms with Gasteiger partial charge in [-0.05, 0) is 81.8 Å². The van der Waals surface area contributed by atoms with E-state index in [2.05, 4.69) is 15.6 Å². The normalized spacial score (nSPS) is 12.1. The number of aromatic amines is 1. The fourth-order valence-electron chi connectivity index (χ4n) is 3.90. The molecule has 0 aliphatic rings. The number of amides is 2. The Bertz CT molecular complexity index is 1540. The van der Waals surface area contributed by atoms with Crippen LogP contribution in [-0.4, -0.2) is 28.6 Å². The zero-order valence-electron chi connectivity index (χ0n) is 22.1. The van der Waals surface area contributed by atoms with Crippen molar-refractivity contribution < 1.29 is 18.7 Å². The molecule has 0 aliphatic heterocycles. The van der Waals surface area contributed by atoms with Gasteiger partial charge >= 0.3 is 6.09 Å². The van der Waals surface area contributed by atoms with Crippen molar-refractivity contribution in [3.63, 3.8) is 0 Å². The number of ether oxygens (including phenoxy) is 1. The largest absolute Gasteiger partial charge is 0.444 e. The highest BCUT2D eigenvalue weighted by atomic mass is 32.2. The Balaban J connectivity index is 1.49. The van der Waals surface area contributed by atoms with Gasteiger partial charge in [0.05, 0.1) is 0 Å². The molecule has 3 aromatic carbocycles. The summed E-state index contributed by atoms with van der Waals surface area (Å²) in [4.78, 5) is 42.3. The van der Waals surface area contributed by atoms with Crippen LogP contribution in [0.2, 0.25) is 0 Å². The van der Waals surface area contributed by atoms with Gasteiger partial charge in [0, 0.05) is 38.9 Å². The van der Waals surface area contributed by atoms with Crippen LogP contribution in [0.1, 0.15) is 31.9 Å². The highest BCUT2D eigenvalue weighted by Crippen LogP contribution is 2.33. The third-order valence-electron chi connectivity index (χ3n) is 5.67. The molecule has 0 fully saturated rings. The van der Waals surface area contributed by atoms with Crippen LogP contribution in [0.3, 0.4) is 0 Å². The summed E-state index contributed by atoms with van der Waals surface area (Å²) in [6.45, 7) is 7.20. The molecule has 39 heavy (non-hydrogen) atoms. The van der Waals surface area contributed by atoms with Gasteiger partial charge in [0.2, 0.25) is 11.5 Å². The molecule has 0 spiro atoms. The number of rotatable bonds is 7. The van der Waals surface area contributed by atoms with E-state index in [1.807, 2.05) is 37.3 Å². The molecule has 0 saturated carbocycles. The van der Waals surface area contributed by atoms with Gasteiger partial charge in [-0.15, -0.1) is 0 Å². The molecule has 7 nitrogen and oxygen atoms in total. The summed E-state index contributed by atoms with van der Waals surface area (Å²) in [5.74, 6) is -0.831. The Labute approximate surface area is 230 Å². The fourth-order valence-corrected chi connectivity index (χ4v) is 4.87. The number of hydrogen-bond donors (Lipinski definition) is 3. The fraction of sp³-hybridized carbons (Fsp3) is 0.233. The molecule has 202 valence electrons. The number of alkyl carbamates (subject to hydrolysis) is 1. The van der Waals surface area contributed by atoms with Crippen molar-refractivity contribution in [1.82, 2.24) is 10.3 Å². The van der Waals surface area contributed by atoms with Gasteiger partial charge in [-0.25, -0.2) is 9.18 Å². The lowest BCUT2D eigenvalue weighted by Crippen LogP contribution is -2.47. The molecule has 1 aromatic heterocycles. The van der Waals surface area contributed by atoms with E-state index in [1.165, 1.54) is 23.9 Å². The summed E-state index contributed by atoms with van der Waals surface area (Å²) in [7, 11) is 0. The molecule has 0 saturated heterocycles. The molecular weight excluding hydrogens is 517 g/mol. The summed E-state index contributed by atoms with van der Waals surface area (Å²) in [5, 5.41) is 6.41. The van der Waals surface area contributed by atoms with Gasteiger partial charge in [0.15, 0.2) is 0 Å². The molecule has 1 heterocycles. The van der Waals surface area contributed by atoms with Crippen LogP contribution in [0.15, 0.2) is 87.4 Å². The molecule has 3 N–H and O–H groups in total. The molecule has 4 aromatic rings. The highest BCUT2D eigenvalue weighted by Gasteiger charge is 2.25. The number of aromatic nitrogens is 1. The maximum Gasteiger partial charge on any atom is 0.408 e. The van der Waals surface area contributed by atoms with Crippen molar-refractivity contribution in [2.24, 2.45) is 0 Å². The number of pyridine rings is 1. The number of carbonyl (C=O) groups excluding carboxylic acids is 2. The molecular formula is C30H30FN3O4S. The van der Waals surface area contributed by atoms with E-state index in [-0.39, 0.29) is 17.8 Å². The first kappa shape index (κ1) is 27.9. The first-order chi connectivity index (χ1) is 18.4. The Morgan fingerprint density at radius 3 is 2.36 bits per heavy atom. The number of halogens is 1. The Kier molecular flexibility index (Phi) is 8.40. The van der Waals surface area contributed by atoms with Gasteiger partial charge in [-0.3, -0.25) is 9.59 Å². The van der Waals surface area contributed by atoms with Gasteiger partial charge < -0.3 is 20.4 Å². The Morgan fingerprint density at radius 1 is 1.00 bits per heavy atom. The number of hydrogen-bond acceptors (Lipinski definition) is 5. The van der Waals surface area contributed by atoms with Crippen LogP contribution in [0, 0.1) is 12.7 Å². The average Bonchev–Trinajstić information content (AvgIpc) is 2.85. The first-order valence-corrected chi connectivity index (χ1v) is 13.2. The highest BCUT2D eigenvalue weighted by molar-refractivity contribution is 7.99. The summed E-state index contributed by atoms with van der Waals surface area (Å²) in [5.41, 5.74) is 2.16. The molecule has 0 bridgehead atoms. The summed E-state index contributed by atoms with van der Waals surface area (Å²) < 4.78 is 18.7. The molecule has 0 radical (unpaired) electrons. The van der Waals surface area contributed by atoms with E-state index < -0.39 is 23.6 Å². The molecule has 9 heteroatoms. The van der Waals surface area contributed by atoms with E-state index in [9.17, 15) is 18.8 Å². The number of nitrogens with one attached hydrogen (secondary N) is 3. The van der Waals surface area contributed by atoms with Crippen molar-refractivity contribution in [3.05, 3.63) is 100 Å². The quantitative estimate of drug-likeness (QED) is 0.256. The van der Waals surface area contributed by atoms with Crippen molar-refractivity contribution in [3.8, 4) is 0 Å². The van der Waals surface area contributed by atoms with Crippen molar-refractivity contribution in [2.75, 3.05) is 5.32 Å². The number of carbonyl (C=O) groups is 2. The van der Waals surface area contributed by atoms with Crippen molar-refractivity contribution in [2.45, 2.75) is 55.5 Å². The predicted molar refractivity (Wildman–Crippen MR) is 152 cm³/mol. The van der Waals surface area contributed by atoms with Crippen molar-refractivity contribution >= 4 is 40.4 Å². The SMILES string of the molecule is Cc1ccc2[nH]c(=O)cc(Sc3ccc(NC(=O)C(Cc4ccc(F)cc4)NC(=O)OC(C)(C)C)cc3)c2c1. The van der Waals surface area contributed by atoms with E-state index in [0.29, 0.717) is 11.3 Å². The van der Waals surface area contributed by atoms with Crippen LogP contribution in [0.25, 0.3) is 10.9 Å². The Hall–Kier alpha value is -4.11. The minimum absolute atomic E-state index is 0.147.